The molecule has 4 nitrogen and oxygen atoms in total. The highest BCUT2D eigenvalue weighted by Crippen LogP contribution is 2.36. The van der Waals surface area contributed by atoms with Crippen molar-refractivity contribution in [3.05, 3.63) is 72.8 Å². The quantitative estimate of drug-likeness (QED) is 0.318. The molecule has 2 unspecified atom stereocenters. The summed E-state index contributed by atoms with van der Waals surface area (Å²) in [5.41, 5.74) is 6.80. The molecule has 0 aromatic heterocycles. The molecule has 0 saturated heterocycles. The summed E-state index contributed by atoms with van der Waals surface area (Å²) in [4.78, 5) is 2.29. The van der Waals surface area contributed by atoms with E-state index in [1.165, 1.54) is 0 Å². The summed E-state index contributed by atoms with van der Waals surface area (Å²) in [6.07, 6.45) is 2.20. The van der Waals surface area contributed by atoms with Crippen LogP contribution in [0.3, 0.4) is 0 Å². The van der Waals surface area contributed by atoms with E-state index in [-0.39, 0.29) is 0 Å². The Bertz CT molecular complexity index is 861. The molecular formula is C27H36N4. The number of rotatable bonds is 10. The van der Waals surface area contributed by atoms with E-state index in [0.29, 0.717) is 12.1 Å². The molecule has 0 fully saturated rings. The van der Waals surface area contributed by atoms with Crippen LogP contribution in [0, 0.1) is 0 Å². The standard InChI is InChI=1S/C27H36N4/c1-6-20(3)29-23-10-16-26(17-11-23)31(25-14-8-22(28-5)9-15-25)27-18-12-24(13-19-27)30-21(4)7-2/h8-21,28-30H,6-7H2,1-5H3. The van der Waals surface area contributed by atoms with Gasteiger partial charge in [-0.1, -0.05) is 13.8 Å². The van der Waals surface area contributed by atoms with Crippen molar-refractivity contribution >= 4 is 34.1 Å². The molecule has 0 amide bonds. The molecule has 0 aliphatic rings. The minimum absolute atomic E-state index is 0.460. The van der Waals surface area contributed by atoms with Gasteiger partial charge in [0.25, 0.3) is 0 Å². The van der Waals surface area contributed by atoms with Crippen LogP contribution in [-0.2, 0) is 0 Å². The summed E-state index contributed by atoms with van der Waals surface area (Å²) in [7, 11) is 1.94. The predicted octanol–water partition coefficient (Wildman–Crippen LogP) is 7.62. The molecular weight excluding hydrogens is 380 g/mol. The van der Waals surface area contributed by atoms with E-state index in [4.69, 9.17) is 0 Å². The maximum Gasteiger partial charge on any atom is 0.0463 e. The van der Waals surface area contributed by atoms with Crippen LogP contribution in [0.2, 0.25) is 0 Å². The highest BCUT2D eigenvalue weighted by atomic mass is 15.1. The van der Waals surface area contributed by atoms with Gasteiger partial charge in [-0.15, -0.1) is 0 Å². The van der Waals surface area contributed by atoms with Crippen molar-refractivity contribution in [1.29, 1.82) is 0 Å². The number of nitrogens with one attached hydrogen (secondary N) is 3. The molecule has 0 aliphatic carbocycles. The summed E-state index contributed by atoms with van der Waals surface area (Å²) in [6, 6.07) is 26.8. The molecule has 3 N–H and O–H groups in total. The van der Waals surface area contributed by atoms with Crippen LogP contribution in [0.4, 0.5) is 34.1 Å². The molecule has 3 rings (SSSR count). The lowest BCUT2D eigenvalue weighted by molar-refractivity contribution is 0.764. The minimum atomic E-state index is 0.460. The fraction of sp³-hybridized carbons (Fsp3) is 0.333. The van der Waals surface area contributed by atoms with Gasteiger partial charge in [0.2, 0.25) is 0 Å². The monoisotopic (exact) mass is 416 g/mol. The zero-order valence-electron chi connectivity index (χ0n) is 19.4. The largest absolute Gasteiger partial charge is 0.388 e. The van der Waals surface area contributed by atoms with Crippen LogP contribution >= 0.6 is 0 Å². The van der Waals surface area contributed by atoms with E-state index in [9.17, 15) is 0 Å². The van der Waals surface area contributed by atoms with Crippen molar-refractivity contribution in [2.45, 2.75) is 52.6 Å². The van der Waals surface area contributed by atoms with E-state index in [1.54, 1.807) is 0 Å². The third-order valence-corrected chi connectivity index (χ3v) is 5.72. The van der Waals surface area contributed by atoms with E-state index >= 15 is 0 Å². The second kappa shape index (κ2) is 10.8. The van der Waals surface area contributed by atoms with Gasteiger partial charge in [-0.3, -0.25) is 0 Å². The Morgan fingerprint density at radius 1 is 0.581 bits per heavy atom. The normalized spacial score (nSPS) is 12.7. The van der Waals surface area contributed by atoms with Crippen LogP contribution in [-0.4, -0.2) is 19.1 Å². The van der Waals surface area contributed by atoms with Crippen LogP contribution in [0.5, 0.6) is 0 Å². The number of hydrogen-bond acceptors (Lipinski definition) is 4. The third-order valence-electron chi connectivity index (χ3n) is 5.72. The molecule has 31 heavy (non-hydrogen) atoms. The van der Waals surface area contributed by atoms with Gasteiger partial charge in [0.15, 0.2) is 0 Å². The Hall–Kier alpha value is -3.14. The Labute approximate surface area is 187 Å². The third kappa shape index (κ3) is 5.94. The Morgan fingerprint density at radius 3 is 1.19 bits per heavy atom. The summed E-state index contributed by atoms with van der Waals surface area (Å²) in [5, 5.41) is 10.3. The van der Waals surface area contributed by atoms with E-state index in [1.807, 2.05) is 7.05 Å². The van der Waals surface area contributed by atoms with E-state index in [0.717, 1.165) is 47.0 Å². The molecule has 0 saturated carbocycles. The Morgan fingerprint density at radius 2 is 0.903 bits per heavy atom. The van der Waals surface area contributed by atoms with Crippen molar-refractivity contribution in [2.24, 2.45) is 0 Å². The SMILES string of the molecule is CCC(C)Nc1ccc(N(c2ccc(NC)cc2)c2ccc(NC(C)CC)cc2)cc1. The van der Waals surface area contributed by atoms with E-state index < -0.39 is 0 Å². The molecule has 0 aliphatic heterocycles. The number of hydrogen-bond donors (Lipinski definition) is 3. The van der Waals surface area contributed by atoms with Crippen molar-refractivity contribution in [3.63, 3.8) is 0 Å². The molecule has 0 bridgehead atoms. The second-order valence-corrected chi connectivity index (χ2v) is 8.13. The van der Waals surface area contributed by atoms with Crippen LogP contribution < -0.4 is 20.9 Å². The highest BCUT2D eigenvalue weighted by Gasteiger charge is 2.13. The molecule has 2 atom stereocenters. The van der Waals surface area contributed by atoms with Gasteiger partial charge in [0, 0.05) is 53.3 Å². The first-order valence-electron chi connectivity index (χ1n) is 11.3. The van der Waals surface area contributed by atoms with Crippen molar-refractivity contribution in [2.75, 3.05) is 27.9 Å². The summed E-state index contributed by atoms with van der Waals surface area (Å²) >= 11 is 0. The van der Waals surface area contributed by atoms with Gasteiger partial charge in [0.05, 0.1) is 0 Å². The van der Waals surface area contributed by atoms with Gasteiger partial charge in [0.1, 0.15) is 0 Å². The highest BCUT2D eigenvalue weighted by molar-refractivity contribution is 5.78. The van der Waals surface area contributed by atoms with Crippen molar-refractivity contribution in [1.82, 2.24) is 0 Å². The lowest BCUT2D eigenvalue weighted by atomic mass is 10.1. The predicted molar refractivity (Wildman–Crippen MR) is 137 cm³/mol. The van der Waals surface area contributed by atoms with Gasteiger partial charge < -0.3 is 20.9 Å². The molecule has 0 spiro atoms. The molecule has 0 heterocycles. The van der Waals surface area contributed by atoms with Crippen molar-refractivity contribution < 1.29 is 0 Å². The smallest absolute Gasteiger partial charge is 0.0463 e. The maximum absolute atomic E-state index is 3.55. The molecule has 164 valence electrons. The van der Waals surface area contributed by atoms with Crippen LogP contribution in [0.15, 0.2) is 72.8 Å². The first-order valence-corrected chi connectivity index (χ1v) is 11.3. The molecule has 3 aromatic rings. The number of anilines is 6. The average Bonchev–Trinajstić information content (AvgIpc) is 2.81. The minimum Gasteiger partial charge on any atom is -0.388 e. The zero-order valence-corrected chi connectivity index (χ0v) is 19.4. The fourth-order valence-electron chi connectivity index (χ4n) is 3.41. The first kappa shape index (κ1) is 22.5. The molecule has 3 aromatic carbocycles. The zero-order chi connectivity index (χ0) is 22.2. The number of nitrogens with zero attached hydrogens (tertiary/aromatic N) is 1. The number of benzene rings is 3. The van der Waals surface area contributed by atoms with Gasteiger partial charge in [-0.05, 0) is 99.5 Å². The lowest BCUT2D eigenvalue weighted by Gasteiger charge is -2.26. The summed E-state index contributed by atoms with van der Waals surface area (Å²) in [6.45, 7) is 8.81. The second-order valence-electron chi connectivity index (χ2n) is 8.13. The fourth-order valence-corrected chi connectivity index (χ4v) is 3.41. The lowest BCUT2D eigenvalue weighted by Crippen LogP contribution is -2.14. The molecule has 0 radical (unpaired) electrons. The van der Waals surface area contributed by atoms with Gasteiger partial charge in [-0.25, -0.2) is 0 Å². The Balaban J connectivity index is 1.93. The molecule has 4 heteroatoms. The topological polar surface area (TPSA) is 39.3 Å². The van der Waals surface area contributed by atoms with E-state index in [2.05, 4.69) is 121 Å². The maximum atomic E-state index is 3.55. The van der Waals surface area contributed by atoms with Crippen molar-refractivity contribution in [3.8, 4) is 0 Å². The summed E-state index contributed by atoms with van der Waals surface area (Å²) in [5.74, 6) is 0. The average molecular weight is 417 g/mol. The summed E-state index contributed by atoms with van der Waals surface area (Å²) < 4.78 is 0. The van der Waals surface area contributed by atoms with Gasteiger partial charge >= 0.3 is 0 Å². The Kier molecular flexibility index (Phi) is 7.82. The van der Waals surface area contributed by atoms with Gasteiger partial charge in [-0.2, -0.15) is 0 Å². The van der Waals surface area contributed by atoms with Crippen LogP contribution in [0.25, 0.3) is 0 Å². The van der Waals surface area contributed by atoms with Crippen LogP contribution in [0.1, 0.15) is 40.5 Å². The first-order chi connectivity index (χ1) is 15.0.